The molecule has 1 aliphatic rings. The highest BCUT2D eigenvalue weighted by atomic mass is 16.4. The van der Waals surface area contributed by atoms with Crippen LogP contribution >= 0.6 is 0 Å². The molecule has 0 unspecified atom stereocenters. The van der Waals surface area contributed by atoms with E-state index >= 15 is 0 Å². The van der Waals surface area contributed by atoms with Gasteiger partial charge in [-0.05, 0) is 66.1 Å². The molecule has 4 rings (SSSR count). The molecule has 2 aromatic carbocycles. The van der Waals surface area contributed by atoms with Crippen LogP contribution in [0.4, 0.5) is 5.69 Å². The van der Waals surface area contributed by atoms with E-state index < -0.39 is 5.63 Å². The Hall–Kier alpha value is -2.75. The van der Waals surface area contributed by atoms with Gasteiger partial charge in [-0.3, -0.25) is 0 Å². The van der Waals surface area contributed by atoms with Crippen LogP contribution in [0, 0.1) is 0 Å². The van der Waals surface area contributed by atoms with Crippen LogP contribution in [-0.4, -0.2) is 5.11 Å². The summed E-state index contributed by atoms with van der Waals surface area (Å²) in [5.41, 5.74) is 5.67. The van der Waals surface area contributed by atoms with Gasteiger partial charge in [0.05, 0.1) is 0 Å². The van der Waals surface area contributed by atoms with Gasteiger partial charge in [0.1, 0.15) is 11.3 Å². The van der Waals surface area contributed by atoms with Gasteiger partial charge in [-0.25, -0.2) is 4.79 Å². The van der Waals surface area contributed by atoms with Crippen molar-refractivity contribution < 1.29 is 9.52 Å². The molecule has 128 valence electrons. The van der Waals surface area contributed by atoms with Gasteiger partial charge in [0.15, 0.2) is 0 Å². The minimum atomic E-state index is -0.401. The van der Waals surface area contributed by atoms with Crippen molar-refractivity contribution in [2.45, 2.75) is 39.2 Å². The Morgan fingerprint density at radius 2 is 1.92 bits per heavy atom. The molecule has 25 heavy (non-hydrogen) atoms. The third-order valence-electron chi connectivity index (χ3n) is 4.99. The number of nitrogens with one attached hydrogen (secondary N) is 1. The minimum absolute atomic E-state index is 0.168. The molecular formula is C21H21NO3. The summed E-state index contributed by atoms with van der Waals surface area (Å²) in [7, 11) is 0. The van der Waals surface area contributed by atoms with E-state index in [-0.39, 0.29) is 5.75 Å². The van der Waals surface area contributed by atoms with Gasteiger partial charge < -0.3 is 14.8 Å². The first kappa shape index (κ1) is 15.8. The van der Waals surface area contributed by atoms with Crippen LogP contribution in [0.1, 0.15) is 35.6 Å². The van der Waals surface area contributed by atoms with Gasteiger partial charge in [-0.2, -0.15) is 0 Å². The lowest BCUT2D eigenvalue weighted by Gasteiger charge is -2.11. The maximum atomic E-state index is 11.9. The van der Waals surface area contributed by atoms with E-state index in [1.165, 1.54) is 36.1 Å². The van der Waals surface area contributed by atoms with Crippen LogP contribution in [0.3, 0.4) is 0 Å². The van der Waals surface area contributed by atoms with Gasteiger partial charge in [-0.1, -0.05) is 13.0 Å². The molecule has 1 aromatic heterocycles. The summed E-state index contributed by atoms with van der Waals surface area (Å²) in [6.07, 6.45) is 4.26. The highest BCUT2D eigenvalue weighted by molar-refractivity contribution is 5.83. The van der Waals surface area contributed by atoms with Crippen LogP contribution in [0.25, 0.3) is 11.0 Å². The molecular weight excluding hydrogens is 314 g/mol. The van der Waals surface area contributed by atoms with E-state index in [2.05, 4.69) is 23.5 Å². The lowest BCUT2D eigenvalue weighted by Crippen LogP contribution is -2.06. The fraction of sp³-hybridized carbons (Fsp3) is 0.286. The van der Waals surface area contributed by atoms with Crippen molar-refractivity contribution in [2.24, 2.45) is 0 Å². The van der Waals surface area contributed by atoms with Gasteiger partial charge in [0.25, 0.3) is 0 Å². The SMILES string of the molecule is CCc1cc2c(CNc3ccc4c(c3)CCC4)cc(=O)oc2cc1O. The van der Waals surface area contributed by atoms with Gasteiger partial charge in [0, 0.05) is 29.8 Å². The average Bonchev–Trinajstić information content (AvgIpc) is 3.06. The summed E-state index contributed by atoms with van der Waals surface area (Å²) in [6, 6.07) is 11.5. The number of aromatic hydroxyl groups is 1. The minimum Gasteiger partial charge on any atom is -0.508 e. The maximum Gasteiger partial charge on any atom is 0.336 e. The average molecular weight is 335 g/mol. The predicted molar refractivity (Wildman–Crippen MR) is 99.3 cm³/mol. The lowest BCUT2D eigenvalue weighted by atomic mass is 10.0. The van der Waals surface area contributed by atoms with Crippen LogP contribution in [-0.2, 0) is 25.8 Å². The third kappa shape index (κ3) is 3.00. The molecule has 4 heteroatoms. The molecule has 0 atom stereocenters. The lowest BCUT2D eigenvalue weighted by molar-refractivity contribution is 0.466. The maximum absolute atomic E-state index is 11.9. The molecule has 1 heterocycles. The van der Waals surface area contributed by atoms with E-state index in [4.69, 9.17) is 4.42 Å². The predicted octanol–water partition coefficient (Wildman–Crippen LogP) is 4.16. The molecule has 0 fully saturated rings. The molecule has 0 saturated carbocycles. The number of hydrogen-bond acceptors (Lipinski definition) is 4. The normalized spacial score (nSPS) is 13.2. The molecule has 1 aliphatic carbocycles. The number of hydrogen-bond donors (Lipinski definition) is 2. The van der Waals surface area contributed by atoms with Gasteiger partial charge in [-0.15, -0.1) is 0 Å². The van der Waals surface area contributed by atoms with E-state index in [1.54, 1.807) is 0 Å². The summed E-state index contributed by atoms with van der Waals surface area (Å²) in [6.45, 7) is 2.53. The zero-order valence-corrected chi connectivity index (χ0v) is 14.3. The first-order valence-corrected chi connectivity index (χ1v) is 8.78. The van der Waals surface area contributed by atoms with E-state index in [0.29, 0.717) is 12.1 Å². The largest absolute Gasteiger partial charge is 0.508 e. The van der Waals surface area contributed by atoms with Crippen molar-refractivity contribution in [3.63, 3.8) is 0 Å². The highest BCUT2D eigenvalue weighted by Crippen LogP contribution is 2.28. The van der Waals surface area contributed by atoms with Crippen LogP contribution in [0.2, 0.25) is 0 Å². The second-order valence-electron chi connectivity index (χ2n) is 6.61. The molecule has 0 spiro atoms. The molecule has 3 aromatic rings. The fourth-order valence-electron chi connectivity index (χ4n) is 3.62. The smallest absolute Gasteiger partial charge is 0.336 e. The van der Waals surface area contributed by atoms with Crippen molar-refractivity contribution in [3.05, 3.63) is 69.1 Å². The quantitative estimate of drug-likeness (QED) is 0.703. The Balaban J connectivity index is 1.67. The van der Waals surface area contributed by atoms with Gasteiger partial charge in [0.2, 0.25) is 0 Å². The number of aryl methyl sites for hydroxylation is 3. The van der Waals surface area contributed by atoms with Crippen molar-refractivity contribution in [1.29, 1.82) is 0 Å². The van der Waals surface area contributed by atoms with Crippen molar-refractivity contribution in [3.8, 4) is 5.75 Å². The number of phenolic OH excluding ortho intramolecular Hbond substituents is 1. The Morgan fingerprint density at radius 1 is 1.08 bits per heavy atom. The number of benzene rings is 2. The molecule has 2 N–H and O–H groups in total. The number of anilines is 1. The monoisotopic (exact) mass is 335 g/mol. The molecule has 0 bridgehead atoms. The van der Waals surface area contributed by atoms with Crippen LogP contribution < -0.4 is 10.9 Å². The Bertz CT molecular complexity index is 1000. The Morgan fingerprint density at radius 3 is 2.76 bits per heavy atom. The zero-order valence-electron chi connectivity index (χ0n) is 14.3. The third-order valence-corrected chi connectivity index (χ3v) is 4.99. The Labute approximate surface area is 146 Å². The number of fused-ring (bicyclic) bond motifs is 2. The second-order valence-corrected chi connectivity index (χ2v) is 6.61. The van der Waals surface area contributed by atoms with E-state index in [9.17, 15) is 9.90 Å². The van der Waals surface area contributed by atoms with Crippen molar-refractivity contribution in [1.82, 2.24) is 0 Å². The van der Waals surface area contributed by atoms with Crippen molar-refractivity contribution in [2.75, 3.05) is 5.32 Å². The standard InChI is InChI=1S/C21H21NO3/c1-2-13-9-18-16(10-21(24)25-20(18)11-19(13)23)12-22-17-7-6-14-4-3-5-15(14)8-17/h6-11,22-23H,2-5,12H2,1H3. The van der Waals surface area contributed by atoms with Crippen molar-refractivity contribution >= 4 is 16.7 Å². The molecule has 0 radical (unpaired) electrons. The zero-order chi connectivity index (χ0) is 17.4. The molecule has 4 nitrogen and oxygen atoms in total. The fourth-order valence-corrected chi connectivity index (χ4v) is 3.62. The van der Waals surface area contributed by atoms with Crippen LogP contribution in [0.5, 0.6) is 5.75 Å². The first-order chi connectivity index (χ1) is 12.1. The van der Waals surface area contributed by atoms with E-state index in [0.717, 1.165) is 35.0 Å². The van der Waals surface area contributed by atoms with Gasteiger partial charge >= 0.3 is 5.63 Å². The Kier molecular flexibility index (Phi) is 3.96. The van der Waals surface area contributed by atoms with E-state index in [1.807, 2.05) is 13.0 Å². The number of phenols is 1. The molecule has 0 amide bonds. The molecule has 0 saturated heterocycles. The number of rotatable bonds is 4. The van der Waals surface area contributed by atoms with Crippen LogP contribution in [0.15, 0.2) is 45.6 Å². The summed E-state index contributed by atoms with van der Waals surface area (Å²) in [5, 5.41) is 14.3. The summed E-state index contributed by atoms with van der Waals surface area (Å²) >= 11 is 0. The summed E-state index contributed by atoms with van der Waals surface area (Å²) in [5.74, 6) is 0.168. The molecule has 0 aliphatic heterocycles. The second kappa shape index (κ2) is 6.28. The first-order valence-electron chi connectivity index (χ1n) is 8.78. The summed E-state index contributed by atoms with van der Waals surface area (Å²) in [4.78, 5) is 11.9. The summed E-state index contributed by atoms with van der Waals surface area (Å²) < 4.78 is 5.25. The highest BCUT2D eigenvalue weighted by Gasteiger charge is 2.12. The topological polar surface area (TPSA) is 62.5 Å².